The van der Waals surface area contributed by atoms with Crippen LogP contribution in [0.4, 0.5) is 10.1 Å². The van der Waals surface area contributed by atoms with Crippen LogP contribution in [0.15, 0.2) is 36.4 Å². The minimum absolute atomic E-state index is 0.356. The van der Waals surface area contributed by atoms with Crippen LogP contribution in [-0.4, -0.2) is 9.97 Å². The van der Waals surface area contributed by atoms with Gasteiger partial charge in [0.2, 0.25) is 0 Å². The highest BCUT2D eigenvalue weighted by molar-refractivity contribution is 6.35. The van der Waals surface area contributed by atoms with E-state index < -0.39 is 0 Å². The van der Waals surface area contributed by atoms with Gasteiger partial charge in [0, 0.05) is 11.3 Å². The molecule has 2 aromatic carbocycles. The Morgan fingerprint density at radius 2 is 2.06 bits per heavy atom. The highest BCUT2D eigenvalue weighted by Gasteiger charge is 2.11. The Bertz CT molecular complexity index is 736. The molecule has 1 heterocycles. The number of hydrogen-bond donors (Lipinski definition) is 2. The molecule has 5 heteroatoms. The van der Waals surface area contributed by atoms with E-state index in [1.165, 1.54) is 18.2 Å². The van der Waals surface area contributed by atoms with Crippen molar-refractivity contribution in [3.63, 3.8) is 0 Å². The molecule has 0 bridgehead atoms. The molecule has 3 N–H and O–H groups in total. The quantitative estimate of drug-likeness (QED) is 0.658. The van der Waals surface area contributed by atoms with Gasteiger partial charge in [0.25, 0.3) is 0 Å². The third-order valence-corrected chi connectivity index (χ3v) is 3.04. The monoisotopic (exact) mass is 261 g/mol. The van der Waals surface area contributed by atoms with Crippen molar-refractivity contribution in [2.45, 2.75) is 0 Å². The molecule has 0 aliphatic rings. The van der Waals surface area contributed by atoms with Crippen LogP contribution in [0.25, 0.3) is 22.4 Å². The molecular formula is C13H9ClFN3. The molecule has 3 nitrogen and oxygen atoms in total. The molecule has 18 heavy (non-hydrogen) atoms. The summed E-state index contributed by atoms with van der Waals surface area (Å²) in [5.74, 6) is 0.154. The molecule has 0 amide bonds. The zero-order chi connectivity index (χ0) is 12.7. The summed E-state index contributed by atoms with van der Waals surface area (Å²) in [6.45, 7) is 0. The van der Waals surface area contributed by atoms with E-state index >= 15 is 0 Å². The lowest BCUT2D eigenvalue weighted by molar-refractivity contribution is 0.628. The predicted octanol–water partition coefficient (Wildman–Crippen LogP) is 3.60. The van der Waals surface area contributed by atoms with E-state index in [9.17, 15) is 4.39 Å². The van der Waals surface area contributed by atoms with Gasteiger partial charge in [-0.1, -0.05) is 17.7 Å². The van der Waals surface area contributed by atoms with Crippen molar-refractivity contribution in [1.82, 2.24) is 9.97 Å². The fourth-order valence-electron chi connectivity index (χ4n) is 1.86. The van der Waals surface area contributed by atoms with Crippen LogP contribution >= 0.6 is 11.6 Å². The van der Waals surface area contributed by atoms with Gasteiger partial charge in [0.15, 0.2) is 0 Å². The first-order chi connectivity index (χ1) is 8.65. The lowest BCUT2D eigenvalue weighted by Gasteiger charge is -2.01. The lowest BCUT2D eigenvalue weighted by Crippen LogP contribution is -1.92. The fraction of sp³-hybridized carbons (Fsp3) is 0. The van der Waals surface area contributed by atoms with E-state index in [0.29, 0.717) is 27.6 Å². The molecule has 0 radical (unpaired) electrons. The van der Waals surface area contributed by atoms with Crippen molar-refractivity contribution >= 4 is 28.3 Å². The van der Waals surface area contributed by atoms with Crippen LogP contribution in [0, 0.1) is 5.82 Å². The van der Waals surface area contributed by atoms with Gasteiger partial charge in [-0.3, -0.25) is 0 Å². The molecule has 0 saturated heterocycles. The van der Waals surface area contributed by atoms with Gasteiger partial charge in [-0.15, -0.1) is 0 Å². The van der Waals surface area contributed by atoms with Gasteiger partial charge >= 0.3 is 0 Å². The number of anilines is 1. The highest BCUT2D eigenvalue weighted by atomic mass is 35.5. The molecule has 0 spiro atoms. The van der Waals surface area contributed by atoms with Gasteiger partial charge in [-0.25, -0.2) is 9.37 Å². The zero-order valence-electron chi connectivity index (χ0n) is 9.24. The predicted molar refractivity (Wildman–Crippen MR) is 70.9 cm³/mol. The number of benzene rings is 2. The zero-order valence-corrected chi connectivity index (χ0v) is 10.0. The number of nitrogens with two attached hydrogens (primary N) is 1. The maximum absolute atomic E-state index is 13.2. The van der Waals surface area contributed by atoms with Crippen molar-refractivity contribution < 1.29 is 4.39 Å². The molecule has 3 aromatic rings. The molecule has 0 saturated carbocycles. The minimum atomic E-state index is -0.356. The van der Waals surface area contributed by atoms with E-state index in [0.717, 1.165) is 5.52 Å². The number of nitrogen functional groups attached to an aromatic ring is 1. The first-order valence-corrected chi connectivity index (χ1v) is 5.72. The molecular weight excluding hydrogens is 253 g/mol. The summed E-state index contributed by atoms with van der Waals surface area (Å²) in [5.41, 5.74) is 8.26. The Hall–Kier alpha value is -2.07. The average Bonchev–Trinajstić information content (AvgIpc) is 2.77. The van der Waals surface area contributed by atoms with Crippen molar-refractivity contribution in [2.75, 3.05) is 5.73 Å². The maximum Gasteiger partial charge on any atom is 0.140 e. The van der Waals surface area contributed by atoms with Crippen LogP contribution in [-0.2, 0) is 0 Å². The Labute approximate surface area is 107 Å². The SMILES string of the molecule is Nc1ccc(F)cc1-c1nc2c(Cl)cccc2[nH]1. The Morgan fingerprint density at radius 3 is 2.83 bits per heavy atom. The van der Waals surface area contributed by atoms with E-state index in [2.05, 4.69) is 9.97 Å². The summed E-state index contributed by atoms with van der Waals surface area (Å²) in [7, 11) is 0. The van der Waals surface area contributed by atoms with Crippen LogP contribution in [0.1, 0.15) is 0 Å². The number of H-pyrrole nitrogens is 1. The summed E-state index contributed by atoms with van der Waals surface area (Å²) >= 11 is 6.04. The van der Waals surface area contributed by atoms with Crippen LogP contribution in [0.3, 0.4) is 0 Å². The van der Waals surface area contributed by atoms with E-state index in [-0.39, 0.29) is 5.82 Å². The number of nitrogens with one attached hydrogen (secondary N) is 1. The molecule has 1 aromatic heterocycles. The Balaban J connectivity index is 2.26. The number of hydrogen-bond acceptors (Lipinski definition) is 2. The van der Waals surface area contributed by atoms with Gasteiger partial charge in [0.1, 0.15) is 17.2 Å². The van der Waals surface area contributed by atoms with Crippen LogP contribution < -0.4 is 5.73 Å². The number of aromatic amines is 1. The Morgan fingerprint density at radius 1 is 1.22 bits per heavy atom. The van der Waals surface area contributed by atoms with Crippen LogP contribution in [0.2, 0.25) is 5.02 Å². The summed E-state index contributed by atoms with van der Waals surface area (Å²) in [6, 6.07) is 9.60. The number of para-hydroxylation sites is 1. The van der Waals surface area contributed by atoms with Gasteiger partial charge in [-0.2, -0.15) is 0 Å². The van der Waals surface area contributed by atoms with Crippen molar-refractivity contribution in [3.8, 4) is 11.4 Å². The maximum atomic E-state index is 13.2. The number of aromatic nitrogens is 2. The summed E-state index contributed by atoms with van der Waals surface area (Å²) in [6.07, 6.45) is 0. The van der Waals surface area contributed by atoms with E-state index in [4.69, 9.17) is 17.3 Å². The summed E-state index contributed by atoms with van der Waals surface area (Å²) in [4.78, 5) is 7.43. The van der Waals surface area contributed by atoms with Crippen molar-refractivity contribution in [2.24, 2.45) is 0 Å². The van der Waals surface area contributed by atoms with E-state index in [1.807, 2.05) is 12.1 Å². The Kier molecular flexibility index (Phi) is 2.45. The third kappa shape index (κ3) is 1.71. The van der Waals surface area contributed by atoms with Crippen molar-refractivity contribution in [3.05, 3.63) is 47.2 Å². The topological polar surface area (TPSA) is 54.7 Å². The number of rotatable bonds is 1. The number of nitrogens with zero attached hydrogens (tertiary/aromatic N) is 1. The smallest absolute Gasteiger partial charge is 0.140 e. The summed E-state index contributed by atoms with van der Waals surface area (Å²) in [5, 5.41) is 0.546. The molecule has 3 rings (SSSR count). The normalized spacial score (nSPS) is 11.0. The third-order valence-electron chi connectivity index (χ3n) is 2.73. The molecule has 0 aliphatic heterocycles. The van der Waals surface area contributed by atoms with E-state index in [1.54, 1.807) is 6.07 Å². The molecule has 90 valence electrons. The second-order valence-corrected chi connectivity index (χ2v) is 4.36. The standard InChI is InChI=1S/C13H9ClFN3/c14-9-2-1-3-11-12(9)18-13(17-11)8-6-7(15)4-5-10(8)16/h1-6H,16H2,(H,17,18). The summed E-state index contributed by atoms with van der Waals surface area (Å²) < 4.78 is 13.2. The number of halogens is 2. The van der Waals surface area contributed by atoms with Crippen LogP contribution in [0.5, 0.6) is 0 Å². The second-order valence-electron chi connectivity index (χ2n) is 3.95. The first kappa shape index (κ1) is 11.0. The van der Waals surface area contributed by atoms with Gasteiger partial charge in [0.05, 0.1) is 10.5 Å². The minimum Gasteiger partial charge on any atom is -0.398 e. The largest absolute Gasteiger partial charge is 0.398 e. The molecule has 0 aliphatic carbocycles. The first-order valence-electron chi connectivity index (χ1n) is 5.35. The average molecular weight is 262 g/mol. The second kappa shape index (κ2) is 3.99. The number of fused-ring (bicyclic) bond motifs is 1. The number of imidazole rings is 1. The van der Waals surface area contributed by atoms with Gasteiger partial charge in [-0.05, 0) is 30.3 Å². The molecule has 0 unspecified atom stereocenters. The molecule has 0 fully saturated rings. The highest BCUT2D eigenvalue weighted by Crippen LogP contribution is 2.28. The van der Waals surface area contributed by atoms with Crippen molar-refractivity contribution in [1.29, 1.82) is 0 Å². The molecule has 0 atom stereocenters. The van der Waals surface area contributed by atoms with Gasteiger partial charge < -0.3 is 10.7 Å². The lowest BCUT2D eigenvalue weighted by atomic mass is 10.1. The fourth-order valence-corrected chi connectivity index (χ4v) is 2.08.